The van der Waals surface area contributed by atoms with E-state index in [1.54, 1.807) is 13.0 Å². The number of esters is 1. The van der Waals surface area contributed by atoms with Crippen LogP contribution in [0.15, 0.2) is 60.7 Å². The van der Waals surface area contributed by atoms with Gasteiger partial charge >= 0.3 is 5.97 Å². The Morgan fingerprint density at radius 1 is 1.03 bits per heavy atom. The molecule has 0 saturated heterocycles. The molecule has 170 valence electrons. The van der Waals surface area contributed by atoms with Crippen molar-refractivity contribution in [2.75, 3.05) is 18.5 Å². The number of benzene rings is 2. The maximum Gasteiger partial charge on any atom is 0.341 e. The first-order chi connectivity index (χ1) is 16.5. The third kappa shape index (κ3) is 4.52. The van der Waals surface area contributed by atoms with Gasteiger partial charge in [-0.2, -0.15) is 10.2 Å². The number of nitrogens with zero attached hydrogens (tertiary/aromatic N) is 3. The molecule has 0 aliphatic rings. The van der Waals surface area contributed by atoms with Gasteiger partial charge in [-0.3, -0.25) is 0 Å². The maximum absolute atomic E-state index is 12.9. The van der Waals surface area contributed by atoms with Crippen molar-refractivity contribution < 1.29 is 14.3 Å². The molecule has 7 nitrogen and oxygen atoms in total. The molecule has 0 fully saturated rings. The van der Waals surface area contributed by atoms with Crippen LogP contribution < -0.4 is 10.1 Å². The molecular formula is C27H24N4O3. The number of pyridine rings is 2. The van der Waals surface area contributed by atoms with Crippen molar-refractivity contribution in [1.82, 2.24) is 9.97 Å². The molecule has 0 bridgehead atoms. The Bertz CT molecular complexity index is 1380. The van der Waals surface area contributed by atoms with E-state index < -0.39 is 5.97 Å². The largest absolute Gasteiger partial charge is 0.477 e. The van der Waals surface area contributed by atoms with E-state index in [1.807, 2.05) is 68.4 Å². The standard InChI is InChI=1S/C27H24N4O3/c1-4-33-26-22(16-28)23(18-9-7-6-8-10-18)20-15-21(27(32)34-5-2)25(30-24(20)31-26)29-19-13-11-17(3)12-14-19/h6-15H,4-5H2,1-3H3,(H,29,30,31). The number of nitriles is 1. The van der Waals surface area contributed by atoms with E-state index in [9.17, 15) is 10.1 Å². The minimum Gasteiger partial charge on any atom is -0.477 e. The Morgan fingerprint density at radius 3 is 2.41 bits per heavy atom. The quantitative estimate of drug-likeness (QED) is 0.354. The van der Waals surface area contributed by atoms with Crippen molar-refractivity contribution in [3.63, 3.8) is 0 Å². The van der Waals surface area contributed by atoms with Crippen LogP contribution in [-0.4, -0.2) is 29.2 Å². The SMILES string of the molecule is CCOC(=O)c1cc2c(-c3ccccc3)c(C#N)c(OCC)nc2nc1Nc1ccc(C)cc1. The summed E-state index contributed by atoms with van der Waals surface area (Å²) < 4.78 is 11.0. The summed E-state index contributed by atoms with van der Waals surface area (Å²) in [5.41, 5.74) is 4.18. The van der Waals surface area contributed by atoms with Gasteiger partial charge in [0.25, 0.3) is 0 Å². The van der Waals surface area contributed by atoms with Crippen LogP contribution in [0.25, 0.3) is 22.2 Å². The normalized spacial score (nSPS) is 10.5. The molecule has 2 aromatic heterocycles. The predicted molar refractivity (Wildman–Crippen MR) is 131 cm³/mol. The minimum absolute atomic E-state index is 0.203. The summed E-state index contributed by atoms with van der Waals surface area (Å²) in [5, 5.41) is 13.8. The van der Waals surface area contributed by atoms with Gasteiger partial charge in [0.1, 0.15) is 23.0 Å². The predicted octanol–water partition coefficient (Wildman–Crippen LogP) is 5.80. The molecule has 0 aliphatic heterocycles. The van der Waals surface area contributed by atoms with E-state index >= 15 is 0 Å². The number of carbonyl (C=O) groups is 1. The Kier molecular flexibility index (Phi) is 6.69. The summed E-state index contributed by atoms with van der Waals surface area (Å²) in [6, 6.07) is 21.1. The zero-order valence-corrected chi connectivity index (χ0v) is 19.3. The van der Waals surface area contributed by atoms with Crippen LogP contribution in [0.2, 0.25) is 0 Å². The molecule has 0 unspecified atom stereocenters. The van der Waals surface area contributed by atoms with Crippen molar-refractivity contribution in [3.05, 3.63) is 77.4 Å². The highest BCUT2D eigenvalue weighted by Crippen LogP contribution is 2.37. The zero-order chi connectivity index (χ0) is 24.1. The Hall–Kier alpha value is -4.44. The molecule has 0 atom stereocenters. The number of hydrogen-bond acceptors (Lipinski definition) is 7. The number of hydrogen-bond donors (Lipinski definition) is 1. The number of fused-ring (bicyclic) bond motifs is 1. The van der Waals surface area contributed by atoms with Gasteiger partial charge in [-0.15, -0.1) is 0 Å². The molecule has 1 N–H and O–H groups in total. The molecular weight excluding hydrogens is 428 g/mol. The molecule has 34 heavy (non-hydrogen) atoms. The lowest BCUT2D eigenvalue weighted by Crippen LogP contribution is -2.11. The van der Waals surface area contributed by atoms with E-state index in [0.29, 0.717) is 29.0 Å². The van der Waals surface area contributed by atoms with Crippen LogP contribution in [0.5, 0.6) is 5.88 Å². The van der Waals surface area contributed by atoms with E-state index in [0.717, 1.165) is 16.8 Å². The lowest BCUT2D eigenvalue weighted by Gasteiger charge is -2.16. The third-order valence-electron chi connectivity index (χ3n) is 5.21. The Balaban J connectivity index is 2.01. The van der Waals surface area contributed by atoms with E-state index in [2.05, 4.69) is 21.4 Å². The van der Waals surface area contributed by atoms with Crippen LogP contribution in [0.4, 0.5) is 11.5 Å². The monoisotopic (exact) mass is 452 g/mol. The highest BCUT2D eigenvalue weighted by molar-refractivity contribution is 6.04. The van der Waals surface area contributed by atoms with Crippen molar-refractivity contribution in [2.45, 2.75) is 20.8 Å². The summed E-state index contributed by atoms with van der Waals surface area (Å²) in [7, 11) is 0. The molecule has 0 radical (unpaired) electrons. The number of carbonyl (C=O) groups excluding carboxylic acids is 1. The van der Waals surface area contributed by atoms with Gasteiger partial charge in [0.05, 0.1) is 13.2 Å². The number of ether oxygens (including phenoxy) is 2. The van der Waals surface area contributed by atoms with Gasteiger partial charge in [-0.1, -0.05) is 48.0 Å². The fraction of sp³-hybridized carbons (Fsp3) is 0.185. The topological polar surface area (TPSA) is 97.1 Å². The summed E-state index contributed by atoms with van der Waals surface area (Å²) in [6.45, 7) is 6.14. The van der Waals surface area contributed by atoms with Gasteiger partial charge in [-0.25, -0.2) is 9.78 Å². The second-order valence-corrected chi connectivity index (χ2v) is 7.54. The molecule has 7 heteroatoms. The van der Waals surface area contributed by atoms with Gasteiger partial charge in [0.15, 0.2) is 5.65 Å². The van der Waals surface area contributed by atoms with Crippen LogP contribution in [0.1, 0.15) is 35.3 Å². The molecule has 4 aromatic rings. The Morgan fingerprint density at radius 2 is 1.76 bits per heavy atom. The lowest BCUT2D eigenvalue weighted by atomic mass is 9.97. The third-order valence-corrected chi connectivity index (χ3v) is 5.21. The second-order valence-electron chi connectivity index (χ2n) is 7.54. The maximum atomic E-state index is 12.9. The summed E-state index contributed by atoms with van der Waals surface area (Å²) in [4.78, 5) is 22.1. The van der Waals surface area contributed by atoms with E-state index in [-0.39, 0.29) is 23.6 Å². The van der Waals surface area contributed by atoms with Gasteiger partial charge in [0.2, 0.25) is 5.88 Å². The molecule has 0 spiro atoms. The summed E-state index contributed by atoms with van der Waals surface area (Å²) in [6.07, 6.45) is 0. The van der Waals surface area contributed by atoms with Gasteiger partial charge < -0.3 is 14.8 Å². The van der Waals surface area contributed by atoms with Crippen LogP contribution >= 0.6 is 0 Å². The molecule has 0 saturated carbocycles. The van der Waals surface area contributed by atoms with Crippen LogP contribution in [-0.2, 0) is 4.74 Å². The fourth-order valence-electron chi connectivity index (χ4n) is 3.65. The summed E-state index contributed by atoms with van der Waals surface area (Å²) >= 11 is 0. The molecule has 2 heterocycles. The molecule has 2 aromatic carbocycles. The highest BCUT2D eigenvalue weighted by Gasteiger charge is 2.23. The van der Waals surface area contributed by atoms with Gasteiger partial charge in [0, 0.05) is 16.6 Å². The molecule has 0 amide bonds. The zero-order valence-electron chi connectivity index (χ0n) is 19.3. The second kappa shape index (κ2) is 10.0. The van der Waals surface area contributed by atoms with Crippen LogP contribution in [0.3, 0.4) is 0 Å². The highest BCUT2D eigenvalue weighted by atomic mass is 16.5. The molecule has 0 aliphatic carbocycles. The minimum atomic E-state index is -0.516. The first-order valence-corrected chi connectivity index (χ1v) is 11.0. The van der Waals surface area contributed by atoms with E-state index in [4.69, 9.17) is 9.47 Å². The van der Waals surface area contributed by atoms with E-state index in [1.165, 1.54) is 0 Å². The van der Waals surface area contributed by atoms with Crippen molar-refractivity contribution in [1.29, 1.82) is 5.26 Å². The molecule has 4 rings (SSSR count). The number of rotatable bonds is 7. The smallest absolute Gasteiger partial charge is 0.341 e. The number of nitrogens with one attached hydrogen (secondary N) is 1. The lowest BCUT2D eigenvalue weighted by molar-refractivity contribution is 0.0527. The van der Waals surface area contributed by atoms with Crippen molar-refractivity contribution in [3.8, 4) is 23.1 Å². The van der Waals surface area contributed by atoms with Crippen molar-refractivity contribution >= 4 is 28.5 Å². The first-order valence-electron chi connectivity index (χ1n) is 11.0. The van der Waals surface area contributed by atoms with Crippen LogP contribution in [0, 0.1) is 18.3 Å². The Labute approximate surface area is 198 Å². The fourth-order valence-corrected chi connectivity index (χ4v) is 3.65. The average Bonchev–Trinajstić information content (AvgIpc) is 2.85. The van der Waals surface area contributed by atoms with Crippen molar-refractivity contribution in [2.24, 2.45) is 0 Å². The summed E-state index contributed by atoms with van der Waals surface area (Å²) in [5.74, 6) is 0.000380. The number of aromatic nitrogens is 2. The van der Waals surface area contributed by atoms with Gasteiger partial charge in [-0.05, 0) is 44.5 Å². The average molecular weight is 453 g/mol. The number of aryl methyl sites for hydroxylation is 1. The number of anilines is 2. The first kappa shape index (κ1) is 22.7.